The molecule has 0 saturated carbocycles. The summed E-state index contributed by atoms with van der Waals surface area (Å²) in [6.07, 6.45) is 3.30. The molecule has 1 N–H and O–H groups in total. The van der Waals surface area contributed by atoms with Crippen molar-refractivity contribution >= 4 is 15.7 Å². The summed E-state index contributed by atoms with van der Waals surface area (Å²) in [6, 6.07) is 6.44. The molecule has 1 aromatic rings. The highest BCUT2D eigenvalue weighted by Gasteiger charge is 2.24. The van der Waals surface area contributed by atoms with Gasteiger partial charge in [-0.15, -0.1) is 0 Å². The quantitative estimate of drug-likeness (QED) is 0.799. The van der Waals surface area contributed by atoms with Crippen LogP contribution in [0, 0.1) is 0 Å². The van der Waals surface area contributed by atoms with Crippen molar-refractivity contribution in [2.75, 3.05) is 39.6 Å². The first-order chi connectivity index (χ1) is 10.9. The second kappa shape index (κ2) is 7.90. The molecule has 1 saturated heterocycles. The summed E-state index contributed by atoms with van der Waals surface area (Å²) in [6.45, 7) is 3.13. The number of sulfone groups is 1. The number of carbonyl (C=O) groups excluding carboxylic acids is 1. The molecule has 2 rings (SSSR count). The SMILES string of the molecule is COCCN1CCC[C@@H]1CNC(=O)c1cccc(S(C)(=O)=O)c1. The Morgan fingerprint density at radius 1 is 1.43 bits per heavy atom. The Labute approximate surface area is 137 Å². The van der Waals surface area contributed by atoms with Gasteiger partial charge < -0.3 is 10.1 Å². The van der Waals surface area contributed by atoms with Gasteiger partial charge in [0.1, 0.15) is 0 Å². The van der Waals surface area contributed by atoms with Gasteiger partial charge in [0.25, 0.3) is 5.91 Å². The minimum absolute atomic E-state index is 0.160. The van der Waals surface area contributed by atoms with Crippen LogP contribution in [0.5, 0.6) is 0 Å². The molecule has 6 nitrogen and oxygen atoms in total. The van der Waals surface area contributed by atoms with Gasteiger partial charge in [0, 0.05) is 38.1 Å². The number of likely N-dealkylation sites (tertiary alicyclic amines) is 1. The van der Waals surface area contributed by atoms with Crippen LogP contribution in [0.25, 0.3) is 0 Å². The van der Waals surface area contributed by atoms with Crippen molar-refractivity contribution in [3.05, 3.63) is 29.8 Å². The second-order valence-corrected chi connectivity index (χ2v) is 7.85. The van der Waals surface area contributed by atoms with Gasteiger partial charge in [-0.05, 0) is 37.6 Å². The van der Waals surface area contributed by atoms with Gasteiger partial charge in [-0.25, -0.2) is 8.42 Å². The van der Waals surface area contributed by atoms with Crippen LogP contribution >= 0.6 is 0 Å². The van der Waals surface area contributed by atoms with Crippen molar-refractivity contribution in [3.63, 3.8) is 0 Å². The Hall–Kier alpha value is -1.44. The Kier molecular flexibility index (Phi) is 6.15. The molecule has 0 spiro atoms. The summed E-state index contributed by atoms with van der Waals surface area (Å²) in [5.74, 6) is -0.242. The van der Waals surface area contributed by atoms with E-state index < -0.39 is 9.84 Å². The lowest BCUT2D eigenvalue weighted by Gasteiger charge is -2.24. The zero-order valence-corrected chi connectivity index (χ0v) is 14.4. The maximum atomic E-state index is 12.3. The number of amides is 1. The topological polar surface area (TPSA) is 75.7 Å². The Morgan fingerprint density at radius 2 is 2.22 bits per heavy atom. The lowest BCUT2D eigenvalue weighted by Crippen LogP contribution is -2.41. The van der Waals surface area contributed by atoms with Gasteiger partial charge in [0.2, 0.25) is 0 Å². The van der Waals surface area contributed by atoms with Crippen LogP contribution in [-0.2, 0) is 14.6 Å². The van der Waals surface area contributed by atoms with E-state index in [0.29, 0.717) is 24.8 Å². The summed E-state index contributed by atoms with van der Waals surface area (Å²) >= 11 is 0. The first kappa shape index (κ1) is 17.9. The largest absolute Gasteiger partial charge is 0.383 e. The van der Waals surface area contributed by atoms with Gasteiger partial charge in [0.05, 0.1) is 11.5 Å². The van der Waals surface area contributed by atoms with E-state index in [1.807, 2.05) is 0 Å². The third kappa shape index (κ3) is 5.02. The van der Waals surface area contributed by atoms with E-state index in [4.69, 9.17) is 4.74 Å². The summed E-state index contributed by atoms with van der Waals surface area (Å²) in [5, 5.41) is 2.91. The van der Waals surface area contributed by atoms with Crippen LogP contribution in [0.1, 0.15) is 23.2 Å². The van der Waals surface area contributed by atoms with E-state index in [2.05, 4.69) is 10.2 Å². The smallest absolute Gasteiger partial charge is 0.251 e. The lowest BCUT2D eigenvalue weighted by atomic mass is 10.2. The fraction of sp³-hybridized carbons (Fsp3) is 0.562. The summed E-state index contributed by atoms with van der Waals surface area (Å²) in [4.78, 5) is 14.7. The molecule has 1 amide bonds. The Balaban J connectivity index is 1.94. The van der Waals surface area contributed by atoms with Crippen molar-refractivity contribution in [1.29, 1.82) is 0 Å². The predicted molar refractivity (Wildman–Crippen MR) is 88.4 cm³/mol. The fourth-order valence-corrected chi connectivity index (χ4v) is 3.48. The van der Waals surface area contributed by atoms with Crippen molar-refractivity contribution in [3.8, 4) is 0 Å². The van der Waals surface area contributed by atoms with E-state index in [1.165, 1.54) is 12.1 Å². The second-order valence-electron chi connectivity index (χ2n) is 5.83. The molecule has 128 valence electrons. The highest BCUT2D eigenvalue weighted by Crippen LogP contribution is 2.16. The molecule has 1 aliphatic heterocycles. The molecule has 0 unspecified atom stereocenters. The number of benzene rings is 1. The van der Waals surface area contributed by atoms with Gasteiger partial charge in [-0.1, -0.05) is 6.07 Å². The minimum Gasteiger partial charge on any atom is -0.383 e. The number of ether oxygens (including phenoxy) is 1. The molecule has 1 aliphatic rings. The average Bonchev–Trinajstić information content (AvgIpc) is 2.97. The number of hydrogen-bond donors (Lipinski definition) is 1. The van der Waals surface area contributed by atoms with Crippen molar-refractivity contribution in [1.82, 2.24) is 10.2 Å². The maximum Gasteiger partial charge on any atom is 0.251 e. The molecule has 1 heterocycles. The number of nitrogens with one attached hydrogen (secondary N) is 1. The highest BCUT2D eigenvalue weighted by atomic mass is 32.2. The van der Waals surface area contributed by atoms with E-state index in [0.717, 1.165) is 32.2 Å². The maximum absolute atomic E-state index is 12.3. The van der Waals surface area contributed by atoms with Crippen LogP contribution in [0.15, 0.2) is 29.2 Å². The van der Waals surface area contributed by atoms with Crippen LogP contribution in [0.2, 0.25) is 0 Å². The number of nitrogens with zero attached hydrogens (tertiary/aromatic N) is 1. The first-order valence-electron chi connectivity index (χ1n) is 7.73. The molecule has 0 aliphatic carbocycles. The normalized spacial score (nSPS) is 19.0. The lowest BCUT2D eigenvalue weighted by molar-refractivity contribution is 0.0932. The monoisotopic (exact) mass is 340 g/mol. The number of rotatable bonds is 7. The van der Waals surface area contributed by atoms with E-state index >= 15 is 0 Å². The van der Waals surface area contributed by atoms with E-state index in [1.54, 1.807) is 19.2 Å². The van der Waals surface area contributed by atoms with E-state index in [-0.39, 0.29) is 10.8 Å². The van der Waals surface area contributed by atoms with Crippen molar-refractivity contribution in [2.45, 2.75) is 23.8 Å². The zero-order valence-electron chi connectivity index (χ0n) is 13.6. The van der Waals surface area contributed by atoms with Crippen molar-refractivity contribution in [2.24, 2.45) is 0 Å². The third-order valence-corrected chi connectivity index (χ3v) is 5.21. The van der Waals surface area contributed by atoms with Gasteiger partial charge in [0.15, 0.2) is 9.84 Å². The molecule has 7 heteroatoms. The van der Waals surface area contributed by atoms with Crippen LogP contribution < -0.4 is 5.32 Å². The molecular weight excluding hydrogens is 316 g/mol. The fourth-order valence-electron chi connectivity index (χ4n) is 2.81. The first-order valence-corrected chi connectivity index (χ1v) is 9.62. The molecule has 0 aromatic heterocycles. The number of carbonyl (C=O) groups is 1. The number of hydrogen-bond acceptors (Lipinski definition) is 5. The molecule has 23 heavy (non-hydrogen) atoms. The summed E-state index contributed by atoms with van der Waals surface area (Å²) in [7, 11) is -1.63. The summed E-state index contributed by atoms with van der Waals surface area (Å²) < 4.78 is 28.2. The standard InChI is InChI=1S/C16H24N2O4S/c1-22-10-9-18-8-4-6-14(18)12-17-16(19)13-5-3-7-15(11-13)23(2,20)21/h3,5,7,11,14H,4,6,8-10,12H2,1-2H3,(H,17,19)/t14-/m1/s1. The Bertz CT molecular complexity index is 645. The van der Waals surface area contributed by atoms with Gasteiger partial charge >= 0.3 is 0 Å². The molecular formula is C16H24N2O4S. The molecule has 1 fully saturated rings. The average molecular weight is 340 g/mol. The van der Waals surface area contributed by atoms with Crippen LogP contribution in [0.4, 0.5) is 0 Å². The molecule has 1 atom stereocenters. The Morgan fingerprint density at radius 3 is 2.91 bits per heavy atom. The van der Waals surface area contributed by atoms with Gasteiger partial charge in [-0.2, -0.15) is 0 Å². The van der Waals surface area contributed by atoms with Gasteiger partial charge in [-0.3, -0.25) is 9.69 Å². The van der Waals surface area contributed by atoms with Crippen LogP contribution in [0.3, 0.4) is 0 Å². The van der Waals surface area contributed by atoms with Crippen LogP contribution in [-0.4, -0.2) is 64.9 Å². The third-order valence-electron chi connectivity index (χ3n) is 4.10. The van der Waals surface area contributed by atoms with E-state index in [9.17, 15) is 13.2 Å². The molecule has 0 bridgehead atoms. The predicted octanol–water partition coefficient (Wildman–Crippen LogP) is 0.931. The van der Waals surface area contributed by atoms with Crippen molar-refractivity contribution < 1.29 is 17.9 Å². The number of methoxy groups -OCH3 is 1. The molecule has 1 aromatic carbocycles. The molecule has 0 radical (unpaired) electrons. The summed E-state index contributed by atoms with van der Waals surface area (Å²) in [5.41, 5.74) is 0.370. The zero-order chi connectivity index (χ0) is 16.9. The highest BCUT2D eigenvalue weighted by molar-refractivity contribution is 7.90. The minimum atomic E-state index is -3.31.